The molecule has 0 radical (unpaired) electrons. The monoisotopic (exact) mass is 380 g/mol. The lowest BCUT2D eigenvalue weighted by Crippen LogP contribution is -2.17. The zero-order valence-electron chi connectivity index (χ0n) is 12.3. The highest BCUT2D eigenvalue weighted by molar-refractivity contribution is 9.10. The van der Waals surface area contributed by atoms with Gasteiger partial charge in [-0.1, -0.05) is 19.9 Å². The Morgan fingerprint density at radius 1 is 1.36 bits per heavy atom. The highest BCUT2D eigenvalue weighted by atomic mass is 79.9. The van der Waals surface area contributed by atoms with Crippen LogP contribution in [-0.2, 0) is 9.53 Å². The van der Waals surface area contributed by atoms with Crippen molar-refractivity contribution in [3.05, 3.63) is 28.2 Å². The topological polar surface area (TPSA) is 35.5 Å². The fourth-order valence-corrected chi connectivity index (χ4v) is 3.33. The van der Waals surface area contributed by atoms with E-state index < -0.39 is 6.36 Å². The van der Waals surface area contributed by atoms with Gasteiger partial charge in [0.2, 0.25) is 0 Å². The predicted octanol–water partition coefficient (Wildman–Crippen LogP) is 4.65. The number of hydrogen-bond donors (Lipinski definition) is 0. The standard InChI is InChI=1S/C15H16BrF3O3/c1-4-21-13(20)12-11(14(12,2)3)8-5-6-10(9(16)7-8)22-15(17,18)19/h5-7,11-12H,4H2,1-3H3. The van der Waals surface area contributed by atoms with E-state index in [1.54, 1.807) is 19.1 Å². The second kappa shape index (κ2) is 5.76. The van der Waals surface area contributed by atoms with Crippen LogP contribution in [-0.4, -0.2) is 18.9 Å². The fraction of sp³-hybridized carbons (Fsp3) is 0.533. The summed E-state index contributed by atoms with van der Waals surface area (Å²) in [5.74, 6) is -0.942. The van der Waals surface area contributed by atoms with Gasteiger partial charge in [-0.25, -0.2) is 0 Å². The highest BCUT2D eigenvalue weighted by Crippen LogP contribution is 2.65. The van der Waals surface area contributed by atoms with Gasteiger partial charge in [0.15, 0.2) is 0 Å². The molecule has 0 aliphatic heterocycles. The Kier molecular flexibility index (Phi) is 4.48. The van der Waals surface area contributed by atoms with Crippen molar-refractivity contribution in [2.45, 2.75) is 33.1 Å². The SMILES string of the molecule is CCOC(=O)C1C(c2ccc(OC(F)(F)F)c(Br)c2)C1(C)C. The summed E-state index contributed by atoms with van der Waals surface area (Å²) < 4.78 is 46.0. The average molecular weight is 381 g/mol. The van der Waals surface area contributed by atoms with E-state index in [0.29, 0.717) is 6.61 Å². The van der Waals surface area contributed by atoms with E-state index in [1.807, 2.05) is 13.8 Å². The van der Waals surface area contributed by atoms with Crippen LogP contribution in [0, 0.1) is 11.3 Å². The van der Waals surface area contributed by atoms with Crippen LogP contribution in [0.25, 0.3) is 0 Å². The molecular weight excluding hydrogens is 365 g/mol. The van der Waals surface area contributed by atoms with E-state index in [9.17, 15) is 18.0 Å². The fourth-order valence-electron chi connectivity index (χ4n) is 2.85. The summed E-state index contributed by atoms with van der Waals surface area (Å²) in [5, 5.41) is 0. The molecule has 2 atom stereocenters. The number of ether oxygens (including phenoxy) is 2. The number of hydrogen-bond acceptors (Lipinski definition) is 3. The molecule has 0 heterocycles. The Bertz CT molecular complexity index is 584. The first-order valence-corrected chi connectivity index (χ1v) is 7.59. The highest BCUT2D eigenvalue weighted by Gasteiger charge is 2.63. The second-order valence-electron chi connectivity index (χ2n) is 5.77. The third kappa shape index (κ3) is 3.39. The van der Waals surface area contributed by atoms with Crippen molar-refractivity contribution in [3.63, 3.8) is 0 Å². The van der Waals surface area contributed by atoms with Crippen molar-refractivity contribution in [3.8, 4) is 5.75 Å². The summed E-state index contributed by atoms with van der Waals surface area (Å²) in [6.45, 7) is 5.92. The molecular formula is C15H16BrF3O3. The van der Waals surface area contributed by atoms with Crippen LogP contribution in [0.1, 0.15) is 32.3 Å². The number of benzene rings is 1. The molecule has 22 heavy (non-hydrogen) atoms. The number of rotatable bonds is 4. The van der Waals surface area contributed by atoms with Crippen LogP contribution in [0.3, 0.4) is 0 Å². The minimum atomic E-state index is -4.74. The summed E-state index contributed by atoms with van der Waals surface area (Å²) in [6.07, 6.45) is -4.74. The van der Waals surface area contributed by atoms with Gasteiger partial charge in [-0.3, -0.25) is 4.79 Å². The molecule has 1 aromatic carbocycles. The molecule has 1 aliphatic carbocycles. The molecule has 1 aliphatic rings. The Morgan fingerprint density at radius 3 is 2.50 bits per heavy atom. The summed E-state index contributed by atoms with van der Waals surface area (Å²) in [4.78, 5) is 11.9. The first-order valence-electron chi connectivity index (χ1n) is 6.79. The van der Waals surface area contributed by atoms with E-state index in [2.05, 4.69) is 20.7 Å². The van der Waals surface area contributed by atoms with Gasteiger partial charge in [-0.05, 0) is 46.0 Å². The van der Waals surface area contributed by atoms with Gasteiger partial charge in [0.1, 0.15) is 5.75 Å². The third-order valence-electron chi connectivity index (χ3n) is 3.91. The van der Waals surface area contributed by atoms with Crippen molar-refractivity contribution in [2.24, 2.45) is 11.3 Å². The molecule has 1 aromatic rings. The maximum absolute atomic E-state index is 12.3. The molecule has 1 saturated carbocycles. The molecule has 0 amide bonds. The molecule has 7 heteroatoms. The van der Waals surface area contributed by atoms with Gasteiger partial charge in [-0.2, -0.15) is 0 Å². The van der Waals surface area contributed by atoms with Crippen LogP contribution in [0.4, 0.5) is 13.2 Å². The zero-order valence-corrected chi connectivity index (χ0v) is 13.9. The normalized spacial score (nSPS) is 23.0. The van der Waals surface area contributed by atoms with Gasteiger partial charge in [0, 0.05) is 5.92 Å². The van der Waals surface area contributed by atoms with Crippen molar-refractivity contribution in [2.75, 3.05) is 6.61 Å². The van der Waals surface area contributed by atoms with Gasteiger partial charge in [0.25, 0.3) is 0 Å². The van der Waals surface area contributed by atoms with Crippen LogP contribution in [0.2, 0.25) is 0 Å². The lowest BCUT2D eigenvalue weighted by Gasteiger charge is -2.12. The number of carbonyl (C=O) groups excluding carboxylic acids is 1. The van der Waals surface area contributed by atoms with Crippen molar-refractivity contribution in [1.82, 2.24) is 0 Å². The Balaban J connectivity index is 2.21. The predicted molar refractivity (Wildman–Crippen MR) is 77.5 cm³/mol. The van der Waals surface area contributed by atoms with Gasteiger partial charge in [0.05, 0.1) is 17.0 Å². The third-order valence-corrected chi connectivity index (χ3v) is 4.53. The zero-order chi connectivity index (χ0) is 16.7. The van der Waals surface area contributed by atoms with Gasteiger partial charge >= 0.3 is 12.3 Å². The number of alkyl halides is 3. The molecule has 1 fully saturated rings. The van der Waals surface area contributed by atoms with Crippen LogP contribution >= 0.6 is 15.9 Å². The Hall–Kier alpha value is -1.24. The summed E-state index contributed by atoms with van der Waals surface area (Å²) >= 11 is 3.08. The quantitative estimate of drug-likeness (QED) is 0.713. The van der Waals surface area contributed by atoms with E-state index in [-0.39, 0.29) is 33.4 Å². The van der Waals surface area contributed by atoms with Crippen molar-refractivity contribution in [1.29, 1.82) is 0 Å². The molecule has 2 rings (SSSR count). The van der Waals surface area contributed by atoms with E-state index in [1.165, 1.54) is 6.07 Å². The molecule has 122 valence electrons. The van der Waals surface area contributed by atoms with Crippen molar-refractivity contribution >= 4 is 21.9 Å². The first-order chi connectivity index (χ1) is 10.1. The maximum Gasteiger partial charge on any atom is 0.573 e. The molecule has 0 bridgehead atoms. The van der Waals surface area contributed by atoms with Crippen LogP contribution in [0.15, 0.2) is 22.7 Å². The summed E-state index contributed by atoms with van der Waals surface area (Å²) in [6, 6.07) is 4.37. The lowest BCUT2D eigenvalue weighted by molar-refractivity contribution is -0.274. The number of carbonyl (C=O) groups is 1. The van der Waals surface area contributed by atoms with E-state index in [0.717, 1.165) is 5.56 Å². The largest absolute Gasteiger partial charge is 0.573 e. The van der Waals surface area contributed by atoms with Crippen LogP contribution < -0.4 is 4.74 Å². The average Bonchev–Trinajstić information content (AvgIpc) is 2.94. The minimum Gasteiger partial charge on any atom is -0.466 e. The number of halogens is 4. The molecule has 0 N–H and O–H groups in total. The lowest BCUT2D eigenvalue weighted by atomic mass is 10.0. The van der Waals surface area contributed by atoms with E-state index >= 15 is 0 Å². The summed E-state index contributed by atoms with van der Waals surface area (Å²) in [7, 11) is 0. The molecule has 2 unspecified atom stereocenters. The van der Waals surface area contributed by atoms with Gasteiger partial charge < -0.3 is 9.47 Å². The Morgan fingerprint density at radius 2 is 2.00 bits per heavy atom. The van der Waals surface area contributed by atoms with Gasteiger partial charge in [-0.15, -0.1) is 13.2 Å². The van der Waals surface area contributed by atoms with Crippen LogP contribution in [0.5, 0.6) is 5.75 Å². The number of esters is 1. The molecule has 3 nitrogen and oxygen atoms in total. The smallest absolute Gasteiger partial charge is 0.466 e. The van der Waals surface area contributed by atoms with Crippen molar-refractivity contribution < 1.29 is 27.4 Å². The minimum absolute atomic E-state index is 0.0808. The molecule has 0 spiro atoms. The second-order valence-corrected chi connectivity index (χ2v) is 6.62. The Labute approximate surface area is 134 Å². The summed E-state index contributed by atoms with van der Waals surface area (Å²) in [5.41, 5.74) is 0.502. The van der Waals surface area contributed by atoms with E-state index in [4.69, 9.17) is 4.74 Å². The first kappa shape index (κ1) is 17.1. The maximum atomic E-state index is 12.3. The molecule has 0 aromatic heterocycles. The molecule has 0 saturated heterocycles.